The minimum absolute atomic E-state index is 0.337. The first-order chi connectivity index (χ1) is 6.56. The van der Waals surface area contributed by atoms with Crippen molar-refractivity contribution in [3.8, 4) is 0 Å². The van der Waals surface area contributed by atoms with Crippen molar-refractivity contribution in [1.29, 1.82) is 0 Å². The molecule has 0 aliphatic carbocycles. The van der Waals surface area contributed by atoms with Crippen LogP contribution in [0, 0.1) is 5.92 Å². The Bertz CT molecular complexity index is 345. The maximum atomic E-state index is 6.05. The number of benzene rings is 1. The molecule has 0 spiro atoms. The van der Waals surface area contributed by atoms with Crippen molar-refractivity contribution in [1.82, 2.24) is 0 Å². The zero-order valence-corrected chi connectivity index (χ0v) is 10.1. The van der Waals surface area contributed by atoms with E-state index in [4.69, 9.17) is 34.8 Å². The van der Waals surface area contributed by atoms with E-state index in [2.05, 4.69) is 13.5 Å². The first-order valence-electron chi connectivity index (χ1n) is 4.31. The second-order valence-corrected chi connectivity index (χ2v) is 4.43. The van der Waals surface area contributed by atoms with E-state index in [1.54, 1.807) is 12.1 Å². The van der Waals surface area contributed by atoms with Crippen molar-refractivity contribution in [2.75, 3.05) is 0 Å². The Morgan fingerprint density at radius 2 is 1.86 bits per heavy atom. The molecule has 0 bridgehead atoms. The third-order valence-electron chi connectivity index (χ3n) is 2.07. The lowest BCUT2D eigenvalue weighted by molar-refractivity contribution is 0.726. The van der Waals surface area contributed by atoms with Crippen LogP contribution in [0.3, 0.4) is 0 Å². The summed E-state index contributed by atoms with van der Waals surface area (Å²) in [4.78, 5) is 0. The normalized spacial score (nSPS) is 12.6. The van der Waals surface area contributed by atoms with Crippen LogP contribution < -0.4 is 0 Å². The highest BCUT2D eigenvalue weighted by Crippen LogP contribution is 2.33. The molecule has 14 heavy (non-hydrogen) atoms. The molecule has 0 amide bonds. The quantitative estimate of drug-likeness (QED) is 0.522. The largest absolute Gasteiger partial charge is 0.103 e. The van der Waals surface area contributed by atoms with Crippen LogP contribution in [-0.2, 0) is 6.42 Å². The lowest BCUT2D eigenvalue weighted by Crippen LogP contribution is -1.97. The first-order valence-corrected chi connectivity index (χ1v) is 5.44. The molecule has 0 aliphatic heterocycles. The van der Waals surface area contributed by atoms with Crippen molar-refractivity contribution in [2.24, 2.45) is 5.92 Å². The number of allylic oxidation sites excluding steroid dienone is 1. The van der Waals surface area contributed by atoms with Crippen molar-refractivity contribution < 1.29 is 0 Å². The molecular formula is C11H11Cl3. The Morgan fingerprint density at radius 1 is 1.29 bits per heavy atom. The molecule has 1 unspecified atom stereocenters. The fourth-order valence-corrected chi connectivity index (χ4v) is 1.86. The molecule has 0 aliphatic rings. The smallest absolute Gasteiger partial charge is 0.0639 e. The predicted octanol–water partition coefficient (Wildman–Crippen LogP) is 5.01. The average molecular weight is 250 g/mol. The molecule has 0 fully saturated rings. The summed E-state index contributed by atoms with van der Waals surface area (Å²) in [6.07, 6.45) is 2.63. The summed E-state index contributed by atoms with van der Waals surface area (Å²) in [6.45, 7) is 5.78. The van der Waals surface area contributed by atoms with Crippen molar-refractivity contribution in [3.63, 3.8) is 0 Å². The molecule has 0 saturated heterocycles. The zero-order chi connectivity index (χ0) is 10.7. The van der Waals surface area contributed by atoms with Crippen LogP contribution in [0.1, 0.15) is 12.5 Å². The summed E-state index contributed by atoms with van der Waals surface area (Å²) < 4.78 is 0. The van der Waals surface area contributed by atoms with Crippen LogP contribution in [0.25, 0.3) is 0 Å². The van der Waals surface area contributed by atoms with Gasteiger partial charge < -0.3 is 0 Å². The van der Waals surface area contributed by atoms with E-state index in [1.165, 1.54) is 0 Å². The number of rotatable bonds is 3. The zero-order valence-electron chi connectivity index (χ0n) is 7.86. The summed E-state index contributed by atoms with van der Waals surface area (Å²) in [5, 5.41) is 1.75. The third-order valence-corrected chi connectivity index (χ3v) is 3.26. The summed E-state index contributed by atoms with van der Waals surface area (Å²) >= 11 is 18.0. The summed E-state index contributed by atoms with van der Waals surface area (Å²) in [7, 11) is 0. The Hall–Kier alpha value is -0.170. The number of halogens is 3. The van der Waals surface area contributed by atoms with Gasteiger partial charge >= 0.3 is 0 Å². The molecule has 0 radical (unpaired) electrons. The van der Waals surface area contributed by atoms with Gasteiger partial charge in [-0.05, 0) is 30.0 Å². The van der Waals surface area contributed by atoms with Crippen LogP contribution >= 0.6 is 34.8 Å². The van der Waals surface area contributed by atoms with E-state index in [9.17, 15) is 0 Å². The Balaban J connectivity index is 3.06. The molecule has 0 N–H and O–H groups in total. The van der Waals surface area contributed by atoms with Crippen LogP contribution in [0.5, 0.6) is 0 Å². The monoisotopic (exact) mass is 248 g/mol. The first kappa shape index (κ1) is 11.9. The molecule has 1 aromatic carbocycles. The fraction of sp³-hybridized carbons (Fsp3) is 0.273. The highest BCUT2D eigenvalue weighted by molar-refractivity contribution is 6.44. The van der Waals surface area contributed by atoms with Gasteiger partial charge in [0.2, 0.25) is 0 Å². The molecule has 76 valence electrons. The van der Waals surface area contributed by atoms with Crippen LogP contribution in [0.4, 0.5) is 0 Å². The van der Waals surface area contributed by atoms with Gasteiger partial charge in [0, 0.05) is 5.02 Å². The Morgan fingerprint density at radius 3 is 2.43 bits per heavy atom. The predicted molar refractivity (Wildman–Crippen MR) is 64.5 cm³/mol. The van der Waals surface area contributed by atoms with Gasteiger partial charge in [-0.15, -0.1) is 6.58 Å². The minimum Gasteiger partial charge on any atom is -0.103 e. The minimum atomic E-state index is 0.337. The molecule has 0 heterocycles. The lowest BCUT2D eigenvalue weighted by atomic mass is 10.0. The van der Waals surface area contributed by atoms with Crippen molar-refractivity contribution in [3.05, 3.63) is 45.4 Å². The molecular weight excluding hydrogens is 238 g/mol. The van der Waals surface area contributed by atoms with Gasteiger partial charge in [-0.1, -0.05) is 47.8 Å². The maximum absolute atomic E-state index is 6.05. The van der Waals surface area contributed by atoms with E-state index >= 15 is 0 Å². The van der Waals surface area contributed by atoms with E-state index in [1.807, 2.05) is 6.08 Å². The average Bonchev–Trinajstić information content (AvgIpc) is 2.18. The molecule has 0 nitrogen and oxygen atoms in total. The van der Waals surface area contributed by atoms with Gasteiger partial charge in [-0.2, -0.15) is 0 Å². The third kappa shape index (κ3) is 2.66. The SMILES string of the molecule is C=CC(C)Cc1c(Cl)ccc(Cl)c1Cl. The molecule has 3 heteroatoms. The van der Waals surface area contributed by atoms with Gasteiger partial charge in [0.1, 0.15) is 0 Å². The Labute approximate surface area is 99.5 Å². The molecule has 0 saturated carbocycles. The lowest BCUT2D eigenvalue weighted by Gasteiger charge is -2.10. The number of hydrogen-bond donors (Lipinski definition) is 0. The van der Waals surface area contributed by atoms with Gasteiger partial charge in [0.15, 0.2) is 0 Å². The van der Waals surface area contributed by atoms with Crippen molar-refractivity contribution >= 4 is 34.8 Å². The summed E-state index contributed by atoms with van der Waals surface area (Å²) in [5.41, 5.74) is 0.897. The molecule has 1 aromatic rings. The van der Waals surface area contributed by atoms with E-state index in [-0.39, 0.29) is 0 Å². The maximum Gasteiger partial charge on any atom is 0.0639 e. The fourth-order valence-electron chi connectivity index (χ4n) is 1.16. The van der Waals surface area contributed by atoms with E-state index in [0.29, 0.717) is 21.0 Å². The van der Waals surface area contributed by atoms with Gasteiger partial charge in [0.05, 0.1) is 10.0 Å². The summed E-state index contributed by atoms with van der Waals surface area (Å²) in [6, 6.07) is 3.47. The second-order valence-electron chi connectivity index (χ2n) is 3.24. The Kier molecular flexibility index (Phi) is 4.31. The van der Waals surface area contributed by atoms with E-state index in [0.717, 1.165) is 12.0 Å². The standard InChI is InChI=1S/C11H11Cl3/c1-3-7(2)6-8-9(12)4-5-10(13)11(8)14/h3-5,7H,1,6H2,2H3. The van der Waals surface area contributed by atoms with Gasteiger partial charge in [-0.25, -0.2) is 0 Å². The highest BCUT2D eigenvalue weighted by Gasteiger charge is 2.11. The van der Waals surface area contributed by atoms with Crippen LogP contribution in [-0.4, -0.2) is 0 Å². The van der Waals surface area contributed by atoms with Crippen LogP contribution in [0.2, 0.25) is 15.1 Å². The van der Waals surface area contributed by atoms with Crippen molar-refractivity contribution in [2.45, 2.75) is 13.3 Å². The van der Waals surface area contributed by atoms with E-state index < -0.39 is 0 Å². The van der Waals surface area contributed by atoms with Crippen LogP contribution in [0.15, 0.2) is 24.8 Å². The van der Waals surface area contributed by atoms with Gasteiger partial charge in [-0.3, -0.25) is 0 Å². The summed E-state index contributed by atoms with van der Waals surface area (Å²) in [5.74, 6) is 0.337. The number of hydrogen-bond acceptors (Lipinski definition) is 0. The molecule has 1 rings (SSSR count). The second kappa shape index (κ2) is 5.06. The molecule has 0 aromatic heterocycles. The molecule has 1 atom stereocenters. The topological polar surface area (TPSA) is 0 Å². The highest BCUT2D eigenvalue weighted by atomic mass is 35.5. The van der Waals surface area contributed by atoms with Gasteiger partial charge in [0.25, 0.3) is 0 Å².